The number of aromatic nitrogens is 1. The Balaban J connectivity index is 2.62. The summed E-state index contributed by atoms with van der Waals surface area (Å²) in [4.78, 5) is 15.1. The van der Waals surface area contributed by atoms with Crippen LogP contribution in [0, 0.1) is 0 Å². The minimum Gasteiger partial charge on any atom is -0.481 e. The lowest BCUT2D eigenvalue weighted by Gasteiger charge is -2.09. The second-order valence-electron chi connectivity index (χ2n) is 3.62. The molecule has 3 nitrogen and oxygen atoms in total. The highest BCUT2D eigenvalue weighted by Crippen LogP contribution is 2.26. The molecule has 0 aliphatic carbocycles. The monoisotopic (exact) mass is 235 g/mol. The highest BCUT2D eigenvalue weighted by atomic mass is 35.5. The van der Waals surface area contributed by atoms with Crippen LogP contribution in [0.5, 0.6) is 0 Å². The second-order valence-corrected chi connectivity index (χ2v) is 3.98. The molecule has 0 fully saturated rings. The van der Waals surface area contributed by atoms with Gasteiger partial charge in [0.25, 0.3) is 0 Å². The number of carbonyl (C=O) groups is 1. The van der Waals surface area contributed by atoms with E-state index in [0.717, 1.165) is 10.9 Å². The first kappa shape index (κ1) is 10.9. The summed E-state index contributed by atoms with van der Waals surface area (Å²) in [5.41, 5.74) is 1.32. The zero-order valence-corrected chi connectivity index (χ0v) is 9.40. The molecule has 1 aromatic carbocycles. The lowest BCUT2D eigenvalue weighted by Crippen LogP contribution is -2.08. The van der Waals surface area contributed by atoms with E-state index in [1.165, 1.54) is 0 Å². The molecular formula is C12H10ClNO2. The number of hydrogen-bond donors (Lipinski definition) is 1. The Hall–Kier alpha value is -1.61. The molecule has 0 bridgehead atoms. The maximum absolute atomic E-state index is 10.9. The number of para-hydroxylation sites is 1. The van der Waals surface area contributed by atoms with Gasteiger partial charge in [0.2, 0.25) is 0 Å². The van der Waals surface area contributed by atoms with Crippen molar-refractivity contribution in [3.05, 3.63) is 41.0 Å². The number of pyridine rings is 1. The van der Waals surface area contributed by atoms with E-state index in [1.807, 2.05) is 24.3 Å². The molecular weight excluding hydrogens is 226 g/mol. The summed E-state index contributed by atoms with van der Waals surface area (Å²) in [6, 6.07) is 9.26. The Morgan fingerprint density at radius 2 is 2.12 bits per heavy atom. The van der Waals surface area contributed by atoms with Gasteiger partial charge in [0.15, 0.2) is 0 Å². The number of carboxylic acid groups (broad SMARTS) is 1. The molecule has 82 valence electrons. The Kier molecular flexibility index (Phi) is 2.79. The standard InChI is InChI=1S/C12H10ClNO2/c1-7(12(15)16)9-6-8-4-2-3-5-10(8)14-11(9)13/h2-7H,1H3,(H,15,16). The van der Waals surface area contributed by atoms with Crippen LogP contribution in [0.3, 0.4) is 0 Å². The highest BCUT2D eigenvalue weighted by molar-refractivity contribution is 6.30. The van der Waals surface area contributed by atoms with E-state index in [1.54, 1.807) is 13.0 Å². The van der Waals surface area contributed by atoms with Gasteiger partial charge in [-0.1, -0.05) is 29.8 Å². The number of carboxylic acids is 1. The summed E-state index contributed by atoms with van der Waals surface area (Å²) >= 11 is 5.97. The summed E-state index contributed by atoms with van der Waals surface area (Å²) in [6.07, 6.45) is 0. The van der Waals surface area contributed by atoms with Crippen LogP contribution in [-0.2, 0) is 4.79 Å². The minimum absolute atomic E-state index is 0.258. The maximum atomic E-state index is 10.9. The van der Waals surface area contributed by atoms with Crippen molar-refractivity contribution in [1.29, 1.82) is 0 Å². The van der Waals surface area contributed by atoms with Crippen LogP contribution in [-0.4, -0.2) is 16.1 Å². The third-order valence-corrected chi connectivity index (χ3v) is 2.84. The lowest BCUT2D eigenvalue weighted by atomic mass is 10.0. The fraction of sp³-hybridized carbons (Fsp3) is 0.167. The number of aliphatic carboxylic acids is 1. The average Bonchev–Trinajstić information content (AvgIpc) is 2.27. The summed E-state index contributed by atoms with van der Waals surface area (Å²) in [6.45, 7) is 1.60. The van der Waals surface area contributed by atoms with Gasteiger partial charge in [0.1, 0.15) is 5.15 Å². The fourth-order valence-corrected chi connectivity index (χ4v) is 1.85. The lowest BCUT2D eigenvalue weighted by molar-refractivity contribution is -0.138. The molecule has 0 spiro atoms. The van der Waals surface area contributed by atoms with Gasteiger partial charge in [0.05, 0.1) is 11.4 Å². The van der Waals surface area contributed by atoms with Crippen LogP contribution in [0.1, 0.15) is 18.4 Å². The molecule has 0 aliphatic rings. The molecule has 0 saturated carbocycles. The Morgan fingerprint density at radius 3 is 2.81 bits per heavy atom. The summed E-state index contributed by atoms with van der Waals surface area (Å²) in [7, 11) is 0. The predicted molar refractivity (Wildman–Crippen MR) is 62.8 cm³/mol. The molecule has 2 rings (SSSR count). The highest BCUT2D eigenvalue weighted by Gasteiger charge is 2.18. The summed E-state index contributed by atoms with van der Waals surface area (Å²) in [5.74, 6) is -1.55. The van der Waals surface area contributed by atoms with Crippen molar-refractivity contribution in [3.63, 3.8) is 0 Å². The van der Waals surface area contributed by atoms with Gasteiger partial charge in [-0.25, -0.2) is 4.98 Å². The fourth-order valence-electron chi connectivity index (χ4n) is 1.55. The number of fused-ring (bicyclic) bond motifs is 1. The second kappa shape index (κ2) is 4.10. The molecule has 1 N–H and O–H groups in total. The molecule has 2 aromatic rings. The van der Waals surface area contributed by atoms with Crippen LogP contribution in [0.2, 0.25) is 5.15 Å². The molecule has 0 aliphatic heterocycles. The van der Waals surface area contributed by atoms with E-state index in [0.29, 0.717) is 5.56 Å². The number of rotatable bonds is 2. The average molecular weight is 236 g/mol. The number of nitrogens with zero attached hydrogens (tertiary/aromatic N) is 1. The van der Waals surface area contributed by atoms with E-state index < -0.39 is 11.9 Å². The predicted octanol–water partition coefficient (Wildman–Crippen LogP) is 3.08. The van der Waals surface area contributed by atoms with Crippen molar-refractivity contribution in [3.8, 4) is 0 Å². The first-order valence-electron chi connectivity index (χ1n) is 4.87. The van der Waals surface area contributed by atoms with Crippen molar-refractivity contribution in [2.24, 2.45) is 0 Å². The molecule has 1 aromatic heterocycles. The molecule has 16 heavy (non-hydrogen) atoms. The van der Waals surface area contributed by atoms with Crippen LogP contribution in [0.25, 0.3) is 10.9 Å². The molecule has 0 radical (unpaired) electrons. The SMILES string of the molecule is CC(C(=O)O)c1cc2ccccc2nc1Cl. The maximum Gasteiger partial charge on any atom is 0.310 e. The molecule has 1 atom stereocenters. The van der Waals surface area contributed by atoms with Gasteiger partial charge in [-0.2, -0.15) is 0 Å². The minimum atomic E-state index is -0.904. The van der Waals surface area contributed by atoms with Crippen LogP contribution in [0.4, 0.5) is 0 Å². The van der Waals surface area contributed by atoms with Gasteiger partial charge < -0.3 is 5.11 Å². The summed E-state index contributed by atoms with van der Waals surface area (Å²) in [5, 5.41) is 10.1. The zero-order chi connectivity index (χ0) is 11.7. The van der Waals surface area contributed by atoms with E-state index in [-0.39, 0.29) is 5.15 Å². The smallest absolute Gasteiger partial charge is 0.310 e. The third-order valence-electron chi connectivity index (χ3n) is 2.54. The van der Waals surface area contributed by atoms with Crippen molar-refractivity contribution in [1.82, 2.24) is 4.98 Å². The van der Waals surface area contributed by atoms with Gasteiger partial charge >= 0.3 is 5.97 Å². The molecule has 0 amide bonds. The zero-order valence-electron chi connectivity index (χ0n) is 8.64. The van der Waals surface area contributed by atoms with Gasteiger partial charge in [-0.3, -0.25) is 4.79 Å². The Bertz CT molecular complexity index is 554. The van der Waals surface area contributed by atoms with Crippen molar-refractivity contribution in [2.45, 2.75) is 12.8 Å². The third kappa shape index (κ3) is 1.86. The first-order valence-corrected chi connectivity index (χ1v) is 5.25. The van der Waals surface area contributed by atoms with Crippen molar-refractivity contribution >= 4 is 28.5 Å². The van der Waals surface area contributed by atoms with E-state index in [4.69, 9.17) is 16.7 Å². The molecule has 4 heteroatoms. The van der Waals surface area contributed by atoms with Crippen molar-refractivity contribution in [2.75, 3.05) is 0 Å². The number of halogens is 1. The Labute approximate surface area is 97.7 Å². The molecule has 1 heterocycles. The van der Waals surface area contributed by atoms with Crippen LogP contribution >= 0.6 is 11.6 Å². The number of hydrogen-bond acceptors (Lipinski definition) is 2. The molecule has 1 unspecified atom stereocenters. The van der Waals surface area contributed by atoms with Gasteiger partial charge in [-0.05, 0) is 19.1 Å². The van der Waals surface area contributed by atoms with Crippen LogP contribution < -0.4 is 0 Å². The van der Waals surface area contributed by atoms with Crippen LogP contribution in [0.15, 0.2) is 30.3 Å². The largest absolute Gasteiger partial charge is 0.481 e. The Morgan fingerprint density at radius 1 is 1.44 bits per heavy atom. The topological polar surface area (TPSA) is 50.2 Å². The number of benzene rings is 1. The summed E-state index contributed by atoms with van der Waals surface area (Å²) < 4.78 is 0. The van der Waals surface area contributed by atoms with E-state index in [2.05, 4.69) is 4.98 Å². The van der Waals surface area contributed by atoms with E-state index in [9.17, 15) is 4.79 Å². The molecule has 0 saturated heterocycles. The normalized spacial score (nSPS) is 12.6. The van der Waals surface area contributed by atoms with Gasteiger partial charge in [0, 0.05) is 10.9 Å². The van der Waals surface area contributed by atoms with Gasteiger partial charge in [-0.15, -0.1) is 0 Å². The first-order chi connectivity index (χ1) is 7.59. The van der Waals surface area contributed by atoms with Crippen molar-refractivity contribution < 1.29 is 9.90 Å². The quantitative estimate of drug-likeness (QED) is 0.814. The van der Waals surface area contributed by atoms with E-state index >= 15 is 0 Å².